The Kier molecular flexibility index (Phi) is 2.93. The van der Waals surface area contributed by atoms with Crippen molar-refractivity contribution in [1.29, 1.82) is 0 Å². The van der Waals surface area contributed by atoms with E-state index in [1.807, 2.05) is 12.1 Å². The van der Waals surface area contributed by atoms with Gasteiger partial charge in [0.25, 0.3) is 5.56 Å². The summed E-state index contributed by atoms with van der Waals surface area (Å²) in [6.07, 6.45) is 0. The molecule has 0 radical (unpaired) electrons. The van der Waals surface area contributed by atoms with Gasteiger partial charge in [-0.15, -0.1) is 0 Å². The van der Waals surface area contributed by atoms with Crippen LogP contribution in [0.15, 0.2) is 41.2 Å². The van der Waals surface area contributed by atoms with Gasteiger partial charge >= 0.3 is 0 Å². The van der Waals surface area contributed by atoms with E-state index in [1.54, 1.807) is 24.3 Å². The molecule has 102 valence electrons. The first-order valence-corrected chi connectivity index (χ1v) is 8.29. The van der Waals surface area contributed by atoms with Gasteiger partial charge in [0.15, 0.2) is 5.82 Å². The number of carbonyl (C=O) groups excluding carboxylic acids is 1. The first kappa shape index (κ1) is 13.4. The quantitative estimate of drug-likeness (QED) is 0.349. The molecule has 0 aliphatic carbocycles. The molecular weight excluding hydrogens is 494 g/mol. The van der Waals surface area contributed by atoms with Crippen LogP contribution >= 0.6 is 45.2 Å². The third-order valence-corrected chi connectivity index (χ3v) is 4.82. The normalized spacial score (nSPS) is 12.6. The fourth-order valence-electron chi connectivity index (χ4n) is 2.54. The van der Waals surface area contributed by atoms with E-state index in [-0.39, 0.29) is 17.2 Å². The number of hydrogen-bond acceptors (Lipinski definition) is 3. The second-order valence-corrected chi connectivity index (χ2v) is 7.22. The molecule has 4 nitrogen and oxygen atoms in total. The Labute approximate surface area is 146 Å². The summed E-state index contributed by atoms with van der Waals surface area (Å²) >= 11 is 4.31. The lowest BCUT2D eigenvalue weighted by molar-refractivity contribution is 0.103. The number of halogens is 2. The molecule has 1 aromatic heterocycles. The molecule has 0 fully saturated rings. The molecule has 2 aromatic carbocycles. The zero-order valence-electron chi connectivity index (χ0n) is 10.4. The zero-order valence-corrected chi connectivity index (χ0v) is 14.7. The van der Waals surface area contributed by atoms with Gasteiger partial charge in [-0.2, -0.15) is 0 Å². The van der Waals surface area contributed by atoms with Crippen LogP contribution in [0.1, 0.15) is 16.2 Å². The first-order chi connectivity index (χ1) is 10.1. The lowest BCUT2D eigenvalue weighted by Gasteiger charge is -2.05. The molecule has 0 bridgehead atoms. The molecule has 0 atom stereocenters. The molecule has 0 N–H and O–H groups in total. The van der Waals surface area contributed by atoms with Crippen molar-refractivity contribution in [3.8, 4) is 5.69 Å². The Bertz CT molecular complexity index is 1010. The van der Waals surface area contributed by atoms with Crippen molar-refractivity contribution in [2.24, 2.45) is 0 Å². The molecule has 0 saturated carbocycles. The lowest BCUT2D eigenvalue weighted by Crippen LogP contribution is -2.21. The van der Waals surface area contributed by atoms with Crippen molar-refractivity contribution in [1.82, 2.24) is 9.55 Å². The van der Waals surface area contributed by atoms with Crippen LogP contribution in [0.5, 0.6) is 0 Å². The molecule has 2 heterocycles. The number of benzene rings is 2. The molecule has 6 heteroatoms. The SMILES string of the molecule is O=C1c2cc(I)ccc2-n2c1nc1ccc(I)cc1c2=O. The highest BCUT2D eigenvalue weighted by Gasteiger charge is 2.30. The summed E-state index contributed by atoms with van der Waals surface area (Å²) in [6.45, 7) is 0. The highest BCUT2D eigenvalue weighted by molar-refractivity contribution is 14.1. The summed E-state index contributed by atoms with van der Waals surface area (Å²) in [5.41, 5.74) is 1.52. The van der Waals surface area contributed by atoms with E-state index in [4.69, 9.17) is 0 Å². The maximum absolute atomic E-state index is 12.7. The molecular formula is C15H6I2N2O2. The second-order valence-electron chi connectivity index (χ2n) is 4.73. The molecule has 1 aliphatic rings. The smallest absolute Gasteiger partial charge is 0.266 e. The average molecular weight is 500 g/mol. The lowest BCUT2D eigenvalue weighted by atomic mass is 10.1. The molecule has 0 saturated heterocycles. The fourth-order valence-corrected chi connectivity index (χ4v) is 3.52. The van der Waals surface area contributed by atoms with Gasteiger partial charge in [-0.25, -0.2) is 4.98 Å². The van der Waals surface area contributed by atoms with Gasteiger partial charge in [-0.1, -0.05) is 0 Å². The minimum atomic E-state index is -0.193. The van der Waals surface area contributed by atoms with Crippen LogP contribution in [0, 0.1) is 7.14 Å². The molecule has 1 aliphatic heterocycles. The Balaban J connectivity index is 2.18. The molecule has 0 amide bonds. The van der Waals surface area contributed by atoms with Crippen LogP contribution in [0.2, 0.25) is 0 Å². The minimum absolute atomic E-state index is 0.193. The van der Waals surface area contributed by atoms with E-state index in [9.17, 15) is 9.59 Å². The summed E-state index contributed by atoms with van der Waals surface area (Å²) in [7, 11) is 0. The number of carbonyl (C=O) groups is 1. The maximum Gasteiger partial charge on any atom is 0.266 e. The van der Waals surface area contributed by atoms with Gasteiger partial charge in [-0.3, -0.25) is 14.2 Å². The predicted octanol–water partition coefficient (Wildman–Crippen LogP) is 3.14. The second kappa shape index (κ2) is 4.60. The van der Waals surface area contributed by atoms with Crippen molar-refractivity contribution in [2.45, 2.75) is 0 Å². The maximum atomic E-state index is 12.7. The summed E-state index contributed by atoms with van der Waals surface area (Å²) in [4.78, 5) is 29.6. The Morgan fingerprint density at radius 2 is 1.67 bits per heavy atom. The molecule has 21 heavy (non-hydrogen) atoms. The molecule has 0 spiro atoms. The standard InChI is InChI=1S/C15H6I2N2O2/c16-7-1-3-11-9(5-7)15(21)19-12-4-2-8(17)6-10(12)13(20)14(19)18-11/h1-6H. The van der Waals surface area contributed by atoms with E-state index in [1.165, 1.54) is 4.57 Å². The van der Waals surface area contributed by atoms with Crippen LogP contribution in [-0.2, 0) is 0 Å². The van der Waals surface area contributed by atoms with Crippen molar-refractivity contribution in [3.05, 3.63) is 65.3 Å². The van der Waals surface area contributed by atoms with Gasteiger partial charge < -0.3 is 0 Å². The summed E-state index contributed by atoms with van der Waals surface area (Å²) in [5.74, 6) is 0.00627. The highest BCUT2D eigenvalue weighted by Crippen LogP contribution is 2.27. The number of hydrogen-bond donors (Lipinski definition) is 0. The third kappa shape index (κ3) is 1.88. The van der Waals surface area contributed by atoms with Crippen molar-refractivity contribution in [2.75, 3.05) is 0 Å². The molecule has 3 aromatic rings. The summed E-state index contributed by atoms with van der Waals surface area (Å²) < 4.78 is 3.35. The highest BCUT2D eigenvalue weighted by atomic mass is 127. The Morgan fingerprint density at radius 1 is 0.952 bits per heavy atom. The molecule has 4 rings (SSSR count). The van der Waals surface area contributed by atoms with Gasteiger partial charge in [0.1, 0.15) is 0 Å². The number of fused-ring (bicyclic) bond motifs is 4. The number of rotatable bonds is 0. The van der Waals surface area contributed by atoms with E-state index >= 15 is 0 Å². The van der Waals surface area contributed by atoms with Crippen molar-refractivity contribution < 1.29 is 4.79 Å². The third-order valence-electron chi connectivity index (χ3n) is 3.48. The van der Waals surface area contributed by atoms with Crippen LogP contribution in [0.4, 0.5) is 0 Å². The largest absolute Gasteiger partial charge is 0.285 e. The van der Waals surface area contributed by atoms with Crippen LogP contribution in [0.3, 0.4) is 0 Å². The van der Waals surface area contributed by atoms with E-state index in [0.29, 0.717) is 22.2 Å². The topological polar surface area (TPSA) is 52.0 Å². The van der Waals surface area contributed by atoms with Gasteiger partial charge in [0.05, 0.1) is 22.2 Å². The van der Waals surface area contributed by atoms with E-state index in [2.05, 4.69) is 50.2 Å². The van der Waals surface area contributed by atoms with Crippen LogP contribution in [0.25, 0.3) is 16.6 Å². The Morgan fingerprint density at radius 3 is 2.48 bits per heavy atom. The van der Waals surface area contributed by atoms with Crippen LogP contribution < -0.4 is 5.56 Å². The monoisotopic (exact) mass is 500 g/mol. The van der Waals surface area contributed by atoms with Gasteiger partial charge in [-0.05, 0) is 81.6 Å². The van der Waals surface area contributed by atoms with Gasteiger partial charge in [0.2, 0.25) is 5.78 Å². The summed E-state index contributed by atoms with van der Waals surface area (Å²) in [5, 5.41) is 0.532. The fraction of sp³-hybridized carbons (Fsp3) is 0. The first-order valence-electron chi connectivity index (χ1n) is 6.13. The average Bonchev–Trinajstić information content (AvgIpc) is 2.73. The van der Waals surface area contributed by atoms with Crippen molar-refractivity contribution >= 4 is 61.9 Å². The zero-order chi connectivity index (χ0) is 14.7. The predicted molar refractivity (Wildman–Crippen MR) is 96.2 cm³/mol. The van der Waals surface area contributed by atoms with Crippen LogP contribution in [-0.4, -0.2) is 15.3 Å². The minimum Gasteiger partial charge on any atom is -0.285 e. The Hall–Kier alpha value is -1.29. The van der Waals surface area contributed by atoms with Crippen molar-refractivity contribution in [3.63, 3.8) is 0 Å². The molecule has 0 unspecified atom stereocenters. The number of ketones is 1. The van der Waals surface area contributed by atoms with E-state index < -0.39 is 0 Å². The number of nitrogens with zero attached hydrogens (tertiary/aromatic N) is 2. The number of aromatic nitrogens is 2. The van der Waals surface area contributed by atoms with Gasteiger partial charge in [0, 0.05) is 7.14 Å². The van der Waals surface area contributed by atoms with E-state index in [0.717, 1.165) is 7.14 Å². The summed E-state index contributed by atoms with van der Waals surface area (Å²) in [6, 6.07) is 10.9.